The van der Waals surface area contributed by atoms with E-state index in [-0.39, 0.29) is 17.0 Å². The number of halogens is 12. The molecule has 1 heterocycles. The highest BCUT2D eigenvalue weighted by molar-refractivity contribution is 7.99. The van der Waals surface area contributed by atoms with E-state index in [4.69, 9.17) is 5.73 Å². The molecule has 0 saturated carbocycles. The molecule has 0 aliphatic heterocycles. The number of carbonyl (C=O) groups excluding carboxylic acids is 1. The number of nitrogens with two attached hydrogens (primary N) is 1. The number of benzene rings is 2. The molecule has 0 spiro atoms. The average molecular weight is 754 g/mol. The minimum Gasteiger partial charge on any atom is -0.395 e. The molecule has 49 heavy (non-hydrogen) atoms. The monoisotopic (exact) mass is 753 g/mol. The standard InChI is InChI=1S/C15H12F6N2OS.C15H15F6NOS/c1-8-3-9(2)11(25-6-14(16,17)18)4-10(8)23-7-22-12(5-13(23)24)15(19,20)21;1-8-3-9(2)12(24-7-14(16,17)18)5-10(8)4-11(23)6-13(22)15(19,20)21/h3-5,7H,6H2,1-2H3;3,5-6H,4,7,22H2,1-2H3/b;13-6-. The molecule has 0 saturated heterocycles. The van der Waals surface area contributed by atoms with Gasteiger partial charge in [0, 0.05) is 28.4 Å². The average Bonchev–Trinajstić information content (AvgIpc) is 2.92. The van der Waals surface area contributed by atoms with Crippen molar-refractivity contribution in [1.29, 1.82) is 0 Å². The lowest BCUT2D eigenvalue weighted by Crippen LogP contribution is -2.22. The second kappa shape index (κ2) is 15.9. The van der Waals surface area contributed by atoms with Gasteiger partial charge in [-0.1, -0.05) is 12.1 Å². The van der Waals surface area contributed by atoms with Crippen molar-refractivity contribution >= 4 is 29.3 Å². The Bertz CT molecular complexity index is 1740. The number of hydrogen-bond donors (Lipinski definition) is 1. The summed E-state index contributed by atoms with van der Waals surface area (Å²) >= 11 is 1.11. The molecular weight excluding hydrogens is 726 g/mol. The van der Waals surface area contributed by atoms with E-state index in [0.717, 1.165) is 10.9 Å². The molecule has 19 heteroatoms. The van der Waals surface area contributed by atoms with Gasteiger partial charge in [0.15, 0.2) is 11.5 Å². The Hall–Kier alpha value is -3.61. The van der Waals surface area contributed by atoms with Crippen molar-refractivity contribution in [2.75, 3.05) is 11.5 Å². The van der Waals surface area contributed by atoms with Crippen LogP contribution >= 0.6 is 23.5 Å². The molecule has 2 aromatic carbocycles. The molecule has 270 valence electrons. The van der Waals surface area contributed by atoms with Gasteiger partial charge >= 0.3 is 24.7 Å². The number of rotatable bonds is 8. The summed E-state index contributed by atoms with van der Waals surface area (Å²) in [6, 6.07) is 6.26. The number of alkyl halides is 12. The minimum absolute atomic E-state index is 0.182. The highest BCUT2D eigenvalue weighted by Gasteiger charge is 2.34. The molecule has 0 aliphatic rings. The van der Waals surface area contributed by atoms with E-state index in [9.17, 15) is 62.3 Å². The Morgan fingerprint density at radius 1 is 0.755 bits per heavy atom. The number of nitrogens with zero attached hydrogens (tertiary/aromatic N) is 2. The molecule has 2 N–H and O–H groups in total. The molecule has 0 amide bonds. The van der Waals surface area contributed by atoms with E-state index < -0.39 is 58.9 Å². The van der Waals surface area contributed by atoms with Crippen LogP contribution in [-0.4, -0.2) is 45.4 Å². The van der Waals surface area contributed by atoms with Gasteiger partial charge in [-0.25, -0.2) is 4.98 Å². The molecule has 5 nitrogen and oxygen atoms in total. The Morgan fingerprint density at radius 2 is 1.24 bits per heavy atom. The van der Waals surface area contributed by atoms with Crippen molar-refractivity contribution in [2.45, 2.75) is 68.6 Å². The highest BCUT2D eigenvalue weighted by atomic mass is 32.2. The molecular formula is C30H27F12N3O2S2. The van der Waals surface area contributed by atoms with Crippen molar-refractivity contribution in [2.24, 2.45) is 5.73 Å². The molecule has 0 bridgehead atoms. The van der Waals surface area contributed by atoms with Crippen molar-refractivity contribution in [3.8, 4) is 5.69 Å². The summed E-state index contributed by atoms with van der Waals surface area (Å²) in [7, 11) is 0. The van der Waals surface area contributed by atoms with Crippen molar-refractivity contribution < 1.29 is 57.5 Å². The fraction of sp³-hybridized carbons (Fsp3) is 0.367. The van der Waals surface area contributed by atoms with Gasteiger partial charge in [0.05, 0.1) is 17.2 Å². The van der Waals surface area contributed by atoms with E-state index >= 15 is 0 Å². The molecule has 1 aromatic heterocycles. The van der Waals surface area contributed by atoms with Crippen LogP contribution in [0.25, 0.3) is 5.69 Å². The lowest BCUT2D eigenvalue weighted by Gasteiger charge is -2.15. The first kappa shape index (κ1) is 41.6. The van der Waals surface area contributed by atoms with Crippen LogP contribution in [0.3, 0.4) is 0 Å². The molecule has 3 rings (SSSR count). The maximum absolute atomic E-state index is 12.6. The number of aromatic nitrogens is 2. The minimum atomic E-state index is -4.80. The predicted molar refractivity (Wildman–Crippen MR) is 161 cm³/mol. The Kier molecular flexibility index (Phi) is 13.5. The summed E-state index contributed by atoms with van der Waals surface area (Å²) in [5.74, 6) is -3.08. The van der Waals surface area contributed by atoms with E-state index in [1.165, 1.54) is 12.1 Å². The molecule has 0 aliphatic carbocycles. The number of carbonyl (C=O) groups is 1. The Balaban J connectivity index is 0.000000341. The topological polar surface area (TPSA) is 78.0 Å². The third-order valence-corrected chi connectivity index (χ3v) is 8.72. The summed E-state index contributed by atoms with van der Waals surface area (Å²) in [5, 5.41) is 0. The predicted octanol–water partition coefficient (Wildman–Crippen LogP) is 9.00. The normalized spacial score (nSPS) is 12.9. The molecule has 0 fully saturated rings. The van der Waals surface area contributed by atoms with Crippen LogP contribution < -0.4 is 11.3 Å². The first-order valence-electron chi connectivity index (χ1n) is 13.5. The van der Waals surface area contributed by atoms with Crippen LogP contribution in [0.1, 0.15) is 33.5 Å². The van der Waals surface area contributed by atoms with Crippen LogP contribution in [0, 0.1) is 27.7 Å². The second-order valence-corrected chi connectivity index (χ2v) is 12.5. The number of allylic oxidation sites excluding steroid dienone is 2. The highest BCUT2D eigenvalue weighted by Crippen LogP contribution is 2.33. The first-order chi connectivity index (χ1) is 22.2. The first-order valence-corrected chi connectivity index (χ1v) is 15.5. The van der Waals surface area contributed by atoms with Crippen molar-refractivity contribution in [3.05, 3.63) is 92.3 Å². The zero-order valence-electron chi connectivity index (χ0n) is 25.8. The summed E-state index contributed by atoms with van der Waals surface area (Å²) in [6.45, 7) is 6.47. The summed E-state index contributed by atoms with van der Waals surface area (Å²) < 4.78 is 150. The van der Waals surface area contributed by atoms with E-state index in [0.29, 0.717) is 68.4 Å². The third kappa shape index (κ3) is 13.3. The smallest absolute Gasteiger partial charge is 0.395 e. The van der Waals surface area contributed by atoms with Crippen LogP contribution in [0.5, 0.6) is 0 Å². The second-order valence-electron chi connectivity index (χ2n) is 10.5. The van der Waals surface area contributed by atoms with Crippen LogP contribution in [0.15, 0.2) is 63.0 Å². The number of hydrogen-bond acceptors (Lipinski definition) is 6. The van der Waals surface area contributed by atoms with Crippen molar-refractivity contribution in [1.82, 2.24) is 9.55 Å². The maximum Gasteiger partial charge on any atom is 0.433 e. The van der Waals surface area contributed by atoms with Gasteiger partial charge in [-0.05, 0) is 67.6 Å². The fourth-order valence-electron chi connectivity index (χ4n) is 4.01. The van der Waals surface area contributed by atoms with E-state index in [1.54, 1.807) is 39.8 Å². The lowest BCUT2D eigenvalue weighted by atomic mass is 10.0. The number of ketones is 1. The van der Waals surface area contributed by atoms with Gasteiger partial charge in [0.2, 0.25) is 0 Å². The third-order valence-electron chi connectivity index (χ3n) is 6.28. The molecule has 0 atom stereocenters. The zero-order valence-corrected chi connectivity index (χ0v) is 27.4. The lowest BCUT2D eigenvalue weighted by molar-refractivity contribution is -0.141. The number of thioether (sulfide) groups is 2. The number of aryl methyl sites for hydroxylation is 4. The molecule has 0 unspecified atom stereocenters. The van der Waals surface area contributed by atoms with Gasteiger partial charge in [-0.3, -0.25) is 14.2 Å². The fourth-order valence-corrected chi connectivity index (χ4v) is 5.64. The Morgan fingerprint density at radius 3 is 1.69 bits per heavy atom. The van der Waals surface area contributed by atoms with Crippen LogP contribution in [0.2, 0.25) is 0 Å². The molecule has 0 radical (unpaired) electrons. The summed E-state index contributed by atoms with van der Waals surface area (Å²) in [6.07, 6.45) is -17.6. The van der Waals surface area contributed by atoms with Crippen LogP contribution in [0.4, 0.5) is 52.7 Å². The van der Waals surface area contributed by atoms with Gasteiger partial charge in [0.25, 0.3) is 5.56 Å². The largest absolute Gasteiger partial charge is 0.433 e. The molecule has 3 aromatic rings. The van der Waals surface area contributed by atoms with Crippen LogP contribution in [-0.2, 0) is 17.4 Å². The van der Waals surface area contributed by atoms with E-state index in [2.05, 4.69) is 4.98 Å². The maximum atomic E-state index is 12.6. The van der Waals surface area contributed by atoms with Gasteiger partial charge in [-0.15, -0.1) is 23.5 Å². The van der Waals surface area contributed by atoms with Crippen molar-refractivity contribution in [3.63, 3.8) is 0 Å². The van der Waals surface area contributed by atoms with Gasteiger partial charge < -0.3 is 5.73 Å². The summed E-state index contributed by atoms with van der Waals surface area (Å²) in [4.78, 5) is 27.5. The summed E-state index contributed by atoms with van der Waals surface area (Å²) in [5.41, 5.74) is 3.82. The SMILES string of the molecule is Cc1cc(C)c(-n2cnc(C(F)(F)F)cc2=O)cc1SCC(F)(F)F.Cc1cc(C)c(SCC(F)(F)F)cc1CC(=O)/C=C(\N)C(F)(F)F. The zero-order chi connectivity index (χ0) is 37.7. The van der Waals surface area contributed by atoms with E-state index in [1.807, 2.05) is 0 Å². The Labute approximate surface area is 280 Å². The quantitative estimate of drug-likeness (QED) is 0.141. The van der Waals surface area contributed by atoms with Gasteiger partial charge in [0.1, 0.15) is 12.0 Å². The van der Waals surface area contributed by atoms with Gasteiger partial charge in [-0.2, -0.15) is 52.7 Å².